The SMILES string of the molecule is C[C](C)(C)[Al][c]1nc2ccc(-c3ccc4nc(C(C)(C)C)sc4c3)cc2s1. The van der Waals surface area contributed by atoms with E-state index in [2.05, 4.69) is 77.9 Å². The van der Waals surface area contributed by atoms with Crippen molar-refractivity contribution in [1.29, 1.82) is 0 Å². The largest absolute Gasteiger partial charge is 0.308 e. The first-order valence-corrected chi connectivity index (χ1v) is 12.1. The molecule has 0 saturated carbocycles. The van der Waals surface area contributed by atoms with Crippen molar-refractivity contribution in [3.05, 3.63) is 41.4 Å². The standard InChI is InChI=1S/C18H15N2S2.C4H9.Al/c1-18(2,3)17-20-14-7-5-12(9-16(14)22-17)11-4-6-13-15(8-11)21-10-19-13;1-4(2)3;/h4-9H,1-3H3;1-3H3;. The third-order valence-electron chi connectivity index (χ3n) is 4.32. The van der Waals surface area contributed by atoms with Gasteiger partial charge >= 0.3 is 15.2 Å². The van der Waals surface area contributed by atoms with Gasteiger partial charge in [-0.05, 0) is 35.4 Å². The maximum Gasteiger partial charge on any atom is 0.308 e. The molecule has 0 aliphatic heterocycles. The topological polar surface area (TPSA) is 25.8 Å². The zero-order valence-corrected chi connectivity index (χ0v) is 19.5. The molecule has 137 valence electrons. The summed E-state index contributed by atoms with van der Waals surface area (Å²) in [6.45, 7) is 13.6. The van der Waals surface area contributed by atoms with Gasteiger partial charge in [-0.15, -0.1) is 22.7 Å². The molecule has 2 aromatic heterocycles. The monoisotopic (exact) mass is 407 g/mol. The molecule has 0 amide bonds. The summed E-state index contributed by atoms with van der Waals surface area (Å²) < 4.78 is 4.21. The zero-order valence-electron chi connectivity index (χ0n) is 16.8. The van der Waals surface area contributed by atoms with Gasteiger partial charge in [0.2, 0.25) is 0 Å². The Bertz CT molecular complexity index is 1130. The van der Waals surface area contributed by atoms with Crippen LogP contribution in [0.4, 0.5) is 0 Å². The van der Waals surface area contributed by atoms with Gasteiger partial charge in [0.05, 0.1) is 25.4 Å². The summed E-state index contributed by atoms with van der Waals surface area (Å²) in [5.74, 6) is 0. The summed E-state index contributed by atoms with van der Waals surface area (Å²) >= 11 is 3.87. The molecule has 4 rings (SSSR count). The summed E-state index contributed by atoms with van der Waals surface area (Å²) in [6.07, 6.45) is 0. The third kappa shape index (κ3) is 4.12. The number of hydrogen-bond acceptors (Lipinski definition) is 4. The minimum atomic E-state index is 0.0944. The van der Waals surface area contributed by atoms with Gasteiger partial charge in [0.15, 0.2) is 0 Å². The first kappa shape index (κ1) is 19.1. The molecule has 2 heterocycles. The van der Waals surface area contributed by atoms with Crippen molar-refractivity contribution < 1.29 is 0 Å². The van der Waals surface area contributed by atoms with Crippen molar-refractivity contribution in [2.75, 3.05) is 0 Å². The zero-order chi connectivity index (χ0) is 19.4. The minimum absolute atomic E-state index is 0.0944. The van der Waals surface area contributed by atoms with Crippen molar-refractivity contribution in [3.8, 4) is 11.1 Å². The summed E-state index contributed by atoms with van der Waals surface area (Å²) in [5, 5.41) is 1.20. The Morgan fingerprint density at radius 1 is 0.741 bits per heavy atom. The van der Waals surface area contributed by atoms with Crippen LogP contribution in [0.1, 0.15) is 46.6 Å². The Kier molecular flexibility index (Phi) is 4.72. The molecule has 4 aromatic rings. The van der Waals surface area contributed by atoms with E-state index in [9.17, 15) is 0 Å². The first-order valence-electron chi connectivity index (χ1n) is 9.26. The highest BCUT2D eigenvalue weighted by Gasteiger charge is 2.20. The molecule has 0 aliphatic rings. The Morgan fingerprint density at radius 2 is 1.30 bits per heavy atom. The average Bonchev–Trinajstić information content (AvgIpc) is 3.14. The van der Waals surface area contributed by atoms with Crippen molar-refractivity contribution in [2.24, 2.45) is 0 Å². The number of nitrogens with zero attached hydrogens (tertiary/aromatic N) is 2. The molecular formula is C22H24AlN2S2. The summed E-state index contributed by atoms with van der Waals surface area (Å²) in [6, 6.07) is 13.3. The van der Waals surface area contributed by atoms with Crippen LogP contribution in [-0.4, -0.2) is 25.2 Å². The fraction of sp³-hybridized carbons (Fsp3) is 0.364. The van der Waals surface area contributed by atoms with E-state index in [4.69, 9.17) is 9.97 Å². The molecule has 0 atom stereocenters. The third-order valence-corrected chi connectivity index (χ3v) is 8.57. The predicted octanol–water partition coefficient (Wildman–Crippen LogP) is 6.42. The lowest BCUT2D eigenvalue weighted by Crippen LogP contribution is -2.22. The quantitative estimate of drug-likeness (QED) is 0.358. The molecule has 0 spiro atoms. The Hall–Kier alpha value is -1.25. The normalized spacial score (nSPS) is 12.8. The summed E-state index contributed by atoms with van der Waals surface area (Å²) in [7, 11) is 0. The van der Waals surface area contributed by atoms with Crippen LogP contribution in [0.15, 0.2) is 36.4 Å². The second-order valence-electron chi connectivity index (χ2n) is 9.20. The predicted molar refractivity (Wildman–Crippen MR) is 122 cm³/mol. The van der Waals surface area contributed by atoms with E-state index in [0.29, 0.717) is 4.28 Å². The van der Waals surface area contributed by atoms with Crippen LogP contribution in [0.3, 0.4) is 0 Å². The number of fused-ring (bicyclic) bond motifs is 2. The fourth-order valence-corrected chi connectivity index (χ4v) is 7.44. The van der Waals surface area contributed by atoms with Gasteiger partial charge in [0.1, 0.15) is 0 Å². The van der Waals surface area contributed by atoms with Crippen LogP contribution >= 0.6 is 22.7 Å². The lowest BCUT2D eigenvalue weighted by molar-refractivity contribution is 0.587. The van der Waals surface area contributed by atoms with Crippen molar-refractivity contribution in [2.45, 2.75) is 51.2 Å². The molecule has 0 N–H and O–H groups in total. The minimum Gasteiger partial charge on any atom is -0.262 e. The van der Waals surface area contributed by atoms with Crippen LogP contribution < -0.4 is 3.87 Å². The van der Waals surface area contributed by atoms with Gasteiger partial charge in [-0.3, -0.25) is 4.98 Å². The fourth-order valence-electron chi connectivity index (χ4n) is 2.98. The number of benzene rings is 2. The van der Waals surface area contributed by atoms with Crippen LogP contribution in [0, 0.1) is 0 Å². The second kappa shape index (κ2) is 6.67. The molecule has 5 heteroatoms. The van der Waals surface area contributed by atoms with Gasteiger partial charge in [-0.2, -0.15) is 0 Å². The van der Waals surface area contributed by atoms with E-state index in [1.54, 1.807) is 0 Å². The number of aromatic nitrogens is 2. The average molecular weight is 408 g/mol. The van der Waals surface area contributed by atoms with Gasteiger partial charge in [-0.1, -0.05) is 58.0 Å². The molecule has 2 nitrogen and oxygen atoms in total. The highest BCUT2D eigenvalue weighted by molar-refractivity contribution is 7.26. The molecule has 0 aliphatic carbocycles. The van der Waals surface area contributed by atoms with Crippen LogP contribution in [0.5, 0.6) is 0 Å². The Balaban J connectivity index is 1.72. The van der Waals surface area contributed by atoms with E-state index in [0.717, 1.165) is 11.0 Å². The maximum atomic E-state index is 4.86. The summed E-state index contributed by atoms with van der Waals surface area (Å²) in [5.41, 5.74) is 4.84. The van der Waals surface area contributed by atoms with Crippen LogP contribution in [0.2, 0.25) is 4.28 Å². The molecule has 0 bridgehead atoms. The van der Waals surface area contributed by atoms with Crippen molar-refractivity contribution in [1.82, 2.24) is 9.97 Å². The van der Waals surface area contributed by atoms with Crippen LogP contribution in [-0.2, 0) is 5.41 Å². The van der Waals surface area contributed by atoms with Gasteiger partial charge in [-0.25, -0.2) is 4.98 Å². The van der Waals surface area contributed by atoms with E-state index < -0.39 is 0 Å². The molecule has 1 radical (unpaired) electrons. The van der Waals surface area contributed by atoms with Crippen LogP contribution in [0.25, 0.3) is 31.6 Å². The number of rotatable bonds is 2. The Labute approximate surface area is 175 Å². The molecule has 0 saturated heterocycles. The lowest BCUT2D eigenvalue weighted by Gasteiger charge is -2.13. The molecule has 0 fully saturated rings. The number of hydrogen-bond donors (Lipinski definition) is 0. The van der Waals surface area contributed by atoms with Crippen molar-refractivity contribution >= 4 is 62.2 Å². The molecule has 27 heavy (non-hydrogen) atoms. The highest BCUT2D eigenvalue weighted by Crippen LogP contribution is 2.34. The van der Waals surface area contributed by atoms with E-state index >= 15 is 0 Å². The maximum absolute atomic E-state index is 4.86. The van der Waals surface area contributed by atoms with Gasteiger partial charge in [0.25, 0.3) is 0 Å². The smallest absolute Gasteiger partial charge is 0.262 e. The summed E-state index contributed by atoms with van der Waals surface area (Å²) in [4.78, 5) is 9.68. The first-order chi connectivity index (χ1) is 12.6. The van der Waals surface area contributed by atoms with E-state index in [1.165, 1.54) is 29.4 Å². The second-order valence-corrected chi connectivity index (χ2v) is 14.3. The van der Waals surface area contributed by atoms with Crippen molar-refractivity contribution in [3.63, 3.8) is 0 Å². The van der Waals surface area contributed by atoms with E-state index in [1.807, 2.05) is 22.7 Å². The highest BCUT2D eigenvalue weighted by atomic mass is 32.1. The molecular weight excluding hydrogens is 383 g/mol. The number of thiazole rings is 2. The molecule has 0 unspecified atom stereocenters. The van der Waals surface area contributed by atoms with Gasteiger partial charge < -0.3 is 0 Å². The molecule has 2 aromatic carbocycles. The van der Waals surface area contributed by atoms with E-state index in [-0.39, 0.29) is 20.6 Å². The van der Waals surface area contributed by atoms with Gasteiger partial charge in [0, 0.05) is 9.28 Å². The lowest BCUT2D eigenvalue weighted by atomic mass is 9.98. The Morgan fingerprint density at radius 3 is 1.85 bits per heavy atom.